The zero-order valence-electron chi connectivity index (χ0n) is 18.1. The van der Waals surface area contributed by atoms with Crippen molar-refractivity contribution in [1.29, 1.82) is 0 Å². The summed E-state index contributed by atoms with van der Waals surface area (Å²) in [6.45, 7) is 2.44. The molecule has 1 N–H and O–H groups in total. The number of nitrogens with zero attached hydrogens (tertiary/aromatic N) is 5. The molecule has 3 aromatic rings. The molecule has 10 heteroatoms. The van der Waals surface area contributed by atoms with Gasteiger partial charge in [0.2, 0.25) is 0 Å². The van der Waals surface area contributed by atoms with Crippen molar-refractivity contribution in [2.45, 2.75) is 25.4 Å². The second kappa shape index (κ2) is 9.04. The maximum Gasteiger partial charge on any atom is 0.345 e. The van der Waals surface area contributed by atoms with Crippen LogP contribution in [0.25, 0.3) is 5.69 Å². The summed E-state index contributed by atoms with van der Waals surface area (Å²) in [7, 11) is 2.79. The summed E-state index contributed by atoms with van der Waals surface area (Å²) >= 11 is 0. The summed E-state index contributed by atoms with van der Waals surface area (Å²) in [4.78, 5) is 33.3. The van der Waals surface area contributed by atoms with Gasteiger partial charge in [0.15, 0.2) is 0 Å². The van der Waals surface area contributed by atoms with Crippen molar-refractivity contribution in [3.05, 3.63) is 60.0 Å². The van der Waals surface area contributed by atoms with Crippen LogP contribution in [0.2, 0.25) is 0 Å². The number of amides is 1. The first kappa shape index (κ1) is 21.3. The quantitative estimate of drug-likeness (QED) is 0.585. The number of ether oxygens (including phenoxy) is 2. The fourth-order valence-electron chi connectivity index (χ4n) is 3.96. The van der Waals surface area contributed by atoms with Crippen LogP contribution in [-0.2, 0) is 4.74 Å². The number of anilines is 1. The van der Waals surface area contributed by atoms with Crippen LogP contribution < -0.4 is 10.1 Å². The lowest BCUT2D eigenvalue weighted by atomic mass is 10.1. The molecule has 2 aromatic heterocycles. The van der Waals surface area contributed by atoms with Crippen LogP contribution in [0, 0.1) is 0 Å². The molecule has 1 aliphatic heterocycles. The van der Waals surface area contributed by atoms with Crippen LogP contribution in [0.4, 0.5) is 5.82 Å². The highest BCUT2D eigenvalue weighted by Crippen LogP contribution is 2.29. The number of benzene rings is 1. The minimum atomic E-state index is -0.544. The molecule has 1 amide bonds. The van der Waals surface area contributed by atoms with Crippen molar-refractivity contribution in [3.63, 3.8) is 0 Å². The van der Waals surface area contributed by atoms with Crippen LogP contribution in [0.5, 0.6) is 5.75 Å². The highest BCUT2D eigenvalue weighted by Gasteiger charge is 2.35. The Morgan fingerprint density at radius 3 is 2.56 bits per heavy atom. The molecule has 1 fully saturated rings. The van der Waals surface area contributed by atoms with Gasteiger partial charge in [-0.05, 0) is 31.5 Å². The SMILES string of the molecule is COC(=O)c1c(OC)ccnc1N[C@@H]1C[C@@H](C)N(C(=O)c2ccccc2-n2nccn2)C1. The molecule has 2 atom stereocenters. The van der Waals surface area contributed by atoms with Crippen molar-refractivity contribution in [2.75, 3.05) is 26.1 Å². The summed E-state index contributed by atoms with van der Waals surface area (Å²) in [6.07, 6.45) is 5.38. The van der Waals surface area contributed by atoms with Crippen LogP contribution in [0.1, 0.15) is 34.1 Å². The van der Waals surface area contributed by atoms with Gasteiger partial charge in [-0.2, -0.15) is 15.0 Å². The third-order valence-electron chi connectivity index (χ3n) is 5.47. The molecule has 166 valence electrons. The van der Waals surface area contributed by atoms with E-state index in [2.05, 4.69) is 20.5 Å². The number of carbonyl (C=O) groups excluding carboxylic acids is 2. The topological polar surface area (TPSA) is 111 Å². The number of nitrogens with one attached hydrogen (secondary N) is 1. The second-order valence-corrected chi connectivity index (χ2v) is 7.45. The number of likely N-dealkylation sites (tertiary alicyclic amines) is 1. The zero-order chi connectivity index (χ0) is 22.7. The minimum Gasteiger partial charge on any atom is -0.496 e. The van der Waals surface area contributed by atoms with E-state index in [1.807, 2.05) is 25.1 Å². The number of hydrogen-bond donors (Lipinski definition) is 1. The minimum absolute atomic E-state index is 0.0224. The number of esters is 1. The maximum absolute atomic E-state index is 13.4. The highest BCUT2D eigenvalue weighted by molar-refractivity contribution is 5.99. The van der Waals surface area contributed by atoms with E-state index in [-0.39, 0.29) is 23.6 Å². The van der Waals surface area contributed by atoms with Gasteiger partial charge in [-0.3, -0.25) is 4.79 Å². The molecule has 1 saturated heterocycles. The molecule has 0 aliphatic carbocycles. The second-order valence-electron chi connectivity index (χ2n) is 7.45. The highest BCUT2D eigenvalue weighted by atomic mass is 16.5. The first-order chi connectivity index (χ1) is 15.5. The van der Waals surface area contributed by atoms with E-state index in [1.165, 1.54) is 19.0 Å². The van der Waals surface area contributed by atoms with Gasteiger partial charge in [0.1, 0.15) is 17.1 Å². The Labute approximate surface area is 185 Å². The number of pyridine rings is 1. The summed E-state index contributed by atoms with van der Waals surface area (Å²) in [6, 6.07) is 8.72. The molecular formula is C22H24N6O4. The lowest BCUT2D eigenvalue weighted by Gasteiger charge is -2.22. The Balaban J connectivity index is 1.56. The van der Waals surface area contributed by atoms with E-state index >= 15 is 0 Å². The van der Waals surface area contributed by atoms with Gasteiger partial charge >= 0.3 is 5.97 Å². The molecule has 4 rings (SSSR count). The van der Waals surface area contributed by atoms with E-state index in [4.69, 9.17) is 9.47 Å². The van der Waals surface area contributed by atoms with Gasteiger partial charge in [0, 0.05) is 24.8 Å². The summed E-state index contributed by atoms with van der Waals surface area (Å²) in [5, 5.41) is 11.6. The fourth-order valence-corrected chi connectivity index (χ4v) is 3.96. The maximum atomic E-state index is 13.4. The van der Waals surface area contributed by atoms with Crippen molar-refractivity contribution in [1.82, 2.24) is 24.9 Å². The van der Waals surface area contributed by atoms with E-state index in [1.54, 1.807) is 35.6 Å². The van der Waals surface area contributed by atoms with Crippen LogP contribution in [-0.4, -0.2) is 69.6 Å². The van der Waals surface area contributed by atoms with Gasteiger partial charge in [-0.25, -0.2) is 9.78 Å². The van der Waals surface area contributed by atoms with E-state index < -0.39 is 5.97 Å². The molecule has 0 saturated carbocycles. The van der Waals surface area contributed by atoms with E-state index in [0.29, 0.717) is 35.8 Å². The molecule has 10 nitrogen and oxygen atoms in total. The summed E-state index contributed by atoms with van der Waals surface area (Å²) in [5.74, 6) is 0.0800. The molecule has 1 aromatic carbocycles. The zero-order valence-corrected chi connectivity index (χ0v) is 18.1. The smallest absolute Gasteiger partial charge is 0.345 e. The Hall–Kier alpha value is -3.95. The van der Waals surface area contributed by atoms with E-state index in [0.717, 1.165) is 0 Å². The Kier molecular flexibility index (Phi) is 6.02. The van der Waals surface area contributed by atoms with Gasteiger partial charge in [0.05, 0.1) is 37.9 Å². The van der Waals surface area contributed by atoms with Crippen molar-refractivity contribution >= 4 is 17.7 Å². The van der Waals surface area contributed by atoms with Gasteiger partial charge in [-0.1, -0.05) is 12.1 Å². The van der Waals surface area contributed by atoms with Crippen LogP contribution >= 0.6 is 0 Å². The average Bonchev–Trinajstić information content (AvgIpc) is 3.48. The average molecular weight is 436 g/mol. The van der Waals surface area contributed by atoms with E-state index in [9.17, 15) is 9.59 Å². The number of para-hydroxylation sites is 1. The lowest BCUT2D eigenvalue weighted by molar-refractivity contribution is 0.0597. The standard InChI is InChI=1S/C22H24N6O4/c1-14-12-15(26-20-19(22(30)32-3)18(31-2)8-9-23-20)13-27(14)21(29)16-6-4-5-7-17(16)28-24-10-11-25-28/h4-11,14-15H,12-13H2,1-3H3,(H,23,26)/t14-,15-/m1/s1. The van der Waals surface area contributed by atoms with Crippen molar-refractivity contribution < 1.29 is 19.1 Å². The third-order valence-corrected chi connectivity index (χ3v) is 5.47. The Morgan fingerprint density at radius 1 is 1.09 bits per heavy atom. The normalized spacial score (nSPS) is 17.8. The van der Waals surface area contributed by atoms with Crippen LogP contribution in [0.3, 0.4) is 0 Å². The number of carbonyl (C=O) groups is 2. The fraction of sp³-hybridized carbons (Fsp3) is 0.318. The Morgan fingerprint density at radius 2 is 1.84 bits per heavy atom. The van der Waals surface area contributed by atoms with Gasteiger partial charge < -0.3 is 19.7 Å². The van der Waals surface area contributed by atoms with Crippen molar-refractivity contribution in [2.24, 2.45) is 0 Å². The number of rotatable bonds is 6. The third kappa shape index (κ3) is 3.98. The molecule has 0 bridgehead atoms. The largest absolute Gasteiger partial charge is 0.496 e. The number of methoxy groups -OCH3 is 2. The first-order valence-corrected chi connectivity index (χ1v) is 10.2. The molecule has 0 spiro atoms. The summed E-state index contributed by atoms with van der Waals surface area (Å²) in [5.41, 5.74) is 1.37. The van der Waals surface area contributed by atoms with Gasteiger partial charge in [0.25, 0.3) is 5.91 Å². The molecule has 0 radical (unpaired) electrons. The predicted octanol–water partition coefficient (Wildman–Crippen LogP) is 2.17. The van der Waals surface area contributed by atoms with Gasteiger partial charge in [-0.15, -0.1) is 0 Å². The number of aromatic nitrogens is 4. The lowest BCUT2D eigenvalue weighted by Crippen LogP contribution is -2.36. The number of hydrogen-bond acceptors (Lipinski definition) is 8. The molecule has 1 aliphatic rings. The molecule has 32 heavy (non-hydrogen) atoms. The van der Waals surface area contributed by atoms with Crippen LogP contribution in [0.15, 0.2) is 48.9 Å². The Bertz CT molecular complexity index is 1120. The molecule has 0 unspecified atom stereocenters. The first-order valence-electron chi connectivity index (χ1n) is 10.2. The molecular weight excluding hydrogens is 412 g/mol. The van der Waals surface area contributed by atoms with Crippen molar-refractivity contribution in [3.8, 4) is 11.4 Å². The molecule has 3 heterocycles. The predicted molar refractivity (Wildman–Crippen MR) is 116 cm³/mol. The summed E-state index contributed by atoms with van der Waals surface area (Å²) < 4.78 is 10.2. The monoisotopic (exact) mass is 436 g/mol.